The lowest BCUT2D eigenvalue weighted by Crippen LogP contribution is -1.92. The van der Waals surface area contributed by atoms with Crippen LogP contribution in [-0.4, -0.2) is 9.78 Å². The van der Waals surface area contributed by atoms with E-state index >= 15 is 0 Å². The van der Waals surface area contributed by atoms with E-state index in [1.54, 1.807) is 6.07 Å². The van der Waals surface area contributed by atoms with Crippen molar-refractivity contribution in [3.05, 3.63) is 65.9 Å². The summed E-state index contributed by atoms with van der Waals surface area (Å²) in [6.45, 7) is 0. The second kappa shape index (κ2) is 4.78. The van der Waals surface area contributed by atoms with Gasteiger partial charge < -0.3 is 5.73 Å². The van der Waals surface area contributed by atoms with Crippen molar-refractivity contribution in [1.29, 1.82) is 0 Å². The van der Waals surface area contributed by atoms with Crippen LogP contribution in [0.3, 0.4) is 0 Å². The molecule has 3 rings (SSSR count). The third kappa shape index (κ3) is 2.33. The van der Waals surface area contributed by atoms with Crippen molar-refractivity contribution in [3.63, 3.8) is 0 Å². The average molecular weight is 270 g/mol. The molecule has 4 heteroatoms. The molecule has 2 N–H and O–H groups in total. The van der Waals surface area contributed by atoms with Gasteiger partial charge in [0, 0.05) is 11.8 Å². The molecule has 0 fully saturated rings. The minimum Gasteiger partial charge on any atom is -0.398 e. The highest BCUT2D eigenvalue weighted by Gasteiger charge is 2.05. The number of hydrogen-bond acceptors (Lipinski definition) is 2. The number of hydrogen-bond donors (Lipinski definition) is 1. The fourth-order valence-corrected chi connectivity index (χ4v) is 2.03. The van der Waals surface area contributed by atoms with E-state index in [9.17, 15) is 0 Å². The molecule has 0 aliphatic rings. The van der Waals surface area contributed by atoms with Crippen molar-refractivity contribution in [2.24, 2.45) is 0 Å². The first-order valence-electron chi connectivity index (χ1n) is 5.89. The van der Waals surface area contributed by atoms with E-state index in [4.69, 9.17) is 17.3 Å². The number of halogens is 1. The molecule has 0 saturated heterocycles. The molecule has 1 aromatic heterocycles. The quantitative estimate of drug-likeness (QED) is 0.720. The summed E-state index contributed by atoms with van der Waals surface area (Å²) in [4.78, 5) is 0. The van der Waals surface area contributed by atoms with Gasteiger partial charge in [0.2, 0.25) is 0 Å². The van der Waals surface area contributed by atoms with Crippen molar-refractivity contribution >= 4 is 17.3 Å². The van der Waals surface area contributed by atoms with Crippen LogP contribution in [0.2, 0.25) is 5.02 Å². The standard InChI is InChI=1S/C15H12ClN3/c16-14-7-6-11(8-15(14)17)12-9-18-19(10-12)13-4-2-1-3-5-13/h1-10H,17H2. The maximum atomic E-state index is 5.92. The second-order valence-corrected chi connectivity index (χ2v) is 4.65. The Labute approximate surface area is 116 Å². The van der Waals surface area contributed by atoms with E-state index in [2.05, 4.69) is 5.10 Å². The minimum absolute atomic E-state index is 0.569. The monoisotopic (exact) mass is 269 g/mol. The van der Waals surface area contributed by atoms with Crippen molar-refractivity contribution in [2.45, 2.75) is 0 Å². The van der Waals surface area contributed by atoms with E-state index in [0.717, 1.165) is 16.8 Å². The molecule has 0 aliphatic carbocycles. The number of nitrogens with two attached hydrogens (primary N) is 1. The Balaban J connectivity index is 1.99. The van der Waals surface area contributed by atoms with E-state index in [1.165, 1.54) is 0 Å². The molecular weight excluding hydrogens is 258 g/mol. The fourth-order valence-electron chi connectivity index (χ4n) is 1.92. The van der Waals surface area contributed by atoms with Crippen LogP contribution in [0.25, 0.3) is 16.8 Å². The Bertz CT molecular complexity index is 704. The van der Waals surface area contributed by atoms with Gasteiger partial charge in [-0.15, -0.1) is 0 Å². The molecule has 2 aromatic carbocycles. The summed E-state index contributed by atoms with van der Waals surface area (Å²) < 4.78 is 1.83. The van der Waals surface area contributed by atoms with Crippen LogP contribution in [-0.2, 0) is 0 Å². The van der Waals surface area contributed by atoms with Crippen LogP contribution in [0.4, 0.5) is 5.69 Å². The van der Waals surface area contributed by atoms with Gasteiger partial charge >= 0.3 is 0 Å². The van der Waals surface area contributed by atoms with E-state index in [0.29, 0.717) is 10.7 Å². The minimum atomic E-state index is 0.569. The molecule has 0 bridgehead atoms. The third-order valence-corrected chi connectivity index (χ3v) is 3.28. The Morgan fingerprint density at radius 3 is 2.53 bits per heavy atom. The van der Waals surface area contributed by atoms with E-state index in [-0.39, 0.29) is 0 Å². The highest BCUT2D eigenvalue weighted by Crippen LogP contribution is 2.26. The summed E-state index contributed by atoms with van der Waals surface area (Å²) in [5.41, 5.74) is 9.43. The van der Waals surface area contributed by atoms with Crippen LogP contribution >= 0.6 is 11.6 Å². The second-order valence-electron chi connectivity index (χ2n) is 4.25. The van der Waals surface area contributed by atoms with Gasteiger partial charge in [-0.1, -0.05) is 35.9 Å². The zero-order chi connectivity index (χ0) is 13.2. The number of para-hydroxylation sites is 1. The number of anilines is 1. The van der Waals surface area contributed by atoms with Gasteiger partial charge in [0.05, 0.1) is 22.6 Å². The number of nitrogens with zero attached hydrogens (tertiary/aromatic N) is 2. The molecular formula is C15H12ClN3. The fraction of sp³-hybridized carbons (Fsp3) is 0. The van der Waals surface area contributed by atoms with Crippen molar-refractivity contribution < 1.29 is 0 Å². The number of rotatable bonds is 2. The lowest BCUT2D eigenvalue weighted by atomic mass is 10.1. The molecule has 0 unspecified atom stereocenters. The summed E-state index contributed by atoms with van der Waals surface area (Å²) in [6, 6.07) is 15.5. The largest absolute Gasteiger partial charge is 0.398 e. The normalized spacial score (nSPS) is 10.6. The van der Waals surface area contributed by atoms with Gasteiger partial charge in [-0.05, 0) is 29.8 Å². The predicted molar refractivity (Wildman–Crippen MR) is 78.4 cm³/mol. The van der Waals surface area contributed by atoms with Crippen LogP contribution in [0, 0.1) is 0 Å². The number of benzene rings is 2. The molecule has 0 atom stereocenters. The van der Waals surface area contributed by atoms with Crippen LogP contribution in [0.1, 0.15) is 0 Å². The van der Waals surface area contributed by atoms with Gasteiger partial charge in [0.1, 0.15) is 0 Å². The van der Waals surface area contributed by atoms with Crippen molar-refractivity contribution in [3.8, 4) is 16.8 Å². The molecule has 19 heavy (non-hydrogen) atoms. The van der Waals surface area contributed by atoms with E-state index < -0.39 is 0 Å². The first-order valence-corrected chi connectivity index (χ1v) is 6.27. The summed E-state index contributed by atoms with van der Waals surface area (Å²) in [5, 5.41) is 4.93. The molecule has 3 nitrogen and oxygen atoms in total. The van der Waals surface area contributed by atoms with Gasteiger partial charge in [0.15, 0.2) is 0 Å². The van der Waals surface area contributed by atoms with Gasteiger partial charge in [0.25, 0.3) is 0 Å². The molecule has 0 radical (unpaired) electrons. The SMILES string of the molecule is Nc1cc(-c2cnn(-c3ccccc3)c2)ccc1Cl. The van der Waals surface area contributed by atoms with E-state index in [1.807, 2.05) is 59.5 Å². The van der Waals surface area contributed by atoms with Gasteiger partial charge in [-0.3, -0.25) is 0 Å². The highest BCUT2D eigenvalue weighted by atomic mass is 35.5. The topological polar surface area (TPSA) is 43.8 Å². The highest BCUT2D eigenvalue weighted by molar-refractivity contribution is 6.33. The van der Waals surface area contributed by atoms with Crippen LogP contribution in [0.15, 0.2) is 60.9 Å². The molecule has 0 amide bonds. The molecule has 0 saturated carbocycles. The number of aromatic nitrogens is 2. The number of nitrogen functional groups attached to an aromatic ring is 1. The first-order chi connectivity index (χ1) is 9.24. The van der Waals surface area contributed by atoms with Crippen LogP contribution in [0.5, 0.6) is 0 Å². The Morgan fingerprint density at radius 2 is 1.79 bits per heavy atom. The molecule has 0 aliphatic heterocycles. The van der Waals surface area contributed by atoms with Crippen molar-refractivity contribution in [1.82, 2.24) is 9.78 Å². The Kier molecular flexibility index (Phi) is 2.97. The first kappa shape index (κ1) is 11.8. The third-order valence-electron chi connectivity index (χ3n) is 2.93. The summed E-state index contributed by atoms with van der Waals surface area (Å²) in [7, 11) is 0. The Hall–Kier alpha value is -2.26. The summed E-state index contributed by atoms with van der Waals surface area (Å²) in [6.07, 6.45) is 3.79. The maximum absolute atomic E-state index is 5.92. The zero-order valence-corrected chi connectivity index (χ0v) is 10.9. The average Bonchev–Trinajstić information content (AvgIpc) is 2.93. The van der Waals surface area contributed by atoms with Crippen LogP contribution < -0.4 is 5.73 Å². The molecule has 0 spiro atoms. The molecule has 1 heterocycles. The van der Waals surface area contributed by atoms with Gasteiger partial charge in [-0.2, -0.15) is 5.10 Å². The maximum Gasteiger partial charge on any atom is 0.0645 e. The lowest BCUT2D eigenvalue weighted by molar-refractivity contribution is 0.881. The van der Waals surface area contributed by atoms with Crippen molar-refractivity contribution in [2.75, 3.05) is 5.73 Å². The lowest BCUT2D eigenvalue weighted by Gasteiger charge is -2.02. The zero-order valence-electron chi connectivity index (χ0n) is 10.1. The summed E-state index contributed by atoms with van der Waals surface area (Å²) in [5.74, 6) is 0. The van der Waals surface area contributed by atoms with Gasteiger partial charge in [-0.25, -0.2) is 4.68 Å². The predicted octanol–water partition coefficient (Wildman–Crippen LogP) is 3.77. The smallest absolute Gasteiger partial charge is 0.0645 e. The summed E-state index contributed by atoms with van der Waals surface area (Å²) >= 11 is 5.92. The Morgan fingerprint density at radius 1 is 1.00 bits per heavy atom. The molecule has 3 aromatic rings. The molecule has 94 valence electrons.